The molecular weight excluding hydrogens is 316 g/mol. The lowest BCUT2D eigenvalue weighted by Crippen LogP contribution is -2.14. The minimum Gasteiger partial charge on any atom is -0.493 e. The van der Waals surface area contributed by atoms with Crippen LogP contribution >= 0.6 is 0 Å². The number of nitrogens with one attached hydrogen (secondary N) is 1. The van der Waals surface area contributed by atoms with Crippen molar-refractivity contribution in [2.24, 2.45) is 5.73 Å². The Bertz CT molecular complexity index is 843. The molecule has 1 aromatic heterocycles. The number of nitrogens with two attached hydrogens (primary N) is 1. The molecule has 0 spiro atoms. The van der Waals surface area contributed by atoms with Gasteiger partial charge in [0.1, 0.15) is 5.82 Å². The van der Waals surface area contributed by atoms with E-state index in [9.17, 15) is 0 Å². The number of benzene rings is 2. The van der Waals surface area contributed by atoms with Gasteiger partial charge in [-0.25, -0.2) is 4.98 Å². The molecule has 130 valence electrons. The van der Waals surface area contributed by atoms with Crippen molar-refractivity contribution in [2.45, 2.75) is 19.9 Å². The van der Waals surface area contributed by atoms with Crippen LogP contribution in [0.1, 0.15) is 29.9 Å². The first-order valence-corrected chi connectivity index (χ1v) is 8.18. The number of aryl methyl sites for hydroxylation is 1. The fourth-order valence-electron chi connectivity index (χ4n) is 2.56. The fourth-order valence-corrected chi connectivity index (χ4v) is 2.56. The molecule has 0 radical (unpaired) electrons. The molecule has 0 bridgehead atoms. The van der Waals surface area contributed by atoms with Crippen molar-refractivity contribution in [3.63, 3.8) is 0 Å². The van der Waals surface area contributed by atoms with Gasteiger partial charge < -0.3 is 15.2 Å². The maximum absolute atomic E-state index is 6.36. The second-order valence-electron chi connectivity index (χ2n) is 5.73. The molecule has 3 N–H and O–H groups in total. The Labute approximate surface area is 147 Å². The topological polar surface area (TPSA) is 86.0 Å². The Hall–Kier alpha value is -2.86. The normalized spacial score (nSPS) is 12.0. The van der Waals surface area contributed by atoms with Gasteiger partial charge in [0.15, 0.2) is 17.3 Å². The number of rotatable bonds is 6. The van der Waals surface area contributed by atoms with Crippen molar-refractivity contribution in [3.05, 3.63) is 59.4 Å². The summed E-state index contributed by atoms with van der Waals surface area (Å²) in [5.74, 6) is 2.57. The maximum atomic E-state index is 6.36. The van der Waals surface area contributed by atoms with E-state index in [0.29, 0.717) is 29.8 Å². The Balaban J connectivity index is 1.87. The van der Waals surface area contributed by atoms with Crippen LogP contribution in [-0.4, -0.2) is 28.9 Å². The van der Waals surface area contributed by atoms with Crippen molar-refractivity contribution in [2.75, 3.05) is 13.7 Å². The molecule has 3 rings (SSSR count). The minimum absolute atomic E-state index is 0.434. The highest BCUT2D eigenvalue weighted by Gasteiger charge is 2.17. The quantitative estimate of drug-likeness (QED) is 0.720. The van der Waals surface area contributed by atoms with E-state index >= 15 is 0 Å². The van der Waals surface area contributed by atoms with E-state index in [1.165, 1.54) is 5.56 Å². The number of hydrogen-bond acceptors (Lipinski definition) is 5. The van der Waals surface area contributed by atoms with Gasteiger partial charge >= 0.3 is 0 Å². The molecule has 6 nitrogen and oxygen atoms in total. The molecule has 0 aliphatic heterocycles. The fraction of sp³-hybridized carbons (Fsp3) is 0.263. The van der Waals surface area contributed by atoms with Crippen molar-refractivity contribution in [1.82, 2.24) is 15.2 Å². The van der Waals surface area contributed by atoms with Gasteiger partial charge in [-0.15, -0.1) is 0 Å². The molecule has 6 heteroatoms. The monoisotopic (exact) mass is 338 g/mol. The van der Waals surface area contributed by atoms with Crippen LogP contribution in [0.3, 0.4) is 0 Å². The molecular formula is C19H22N4O2. The Morgan fingerprint density at radius 3 is 2.56 bits per heavy atom. The molecule has 25 heavy (non-hydrogen) atoms. The van der Waals surface area contributed by atoms with Gasteiger partial charge in [0.05, 0.1) is 19.8 Å². The number of aromatic amines is 1. The number of hydrogen-bond donors (Lipinski definition) is 2. The molecule has 0 saturated carbocycles. The first-order chi connectivity index (χ1) is 12.1. The van der Waals surface area contributed by atoms with Gasteiger partial charge in [0, 0.05) is 5.56 Å². The summed E-state index contributed by atoms with van der Waals surface area (Å²) in [5, 5.41) is 7.22. The van der Waals surface area contributed by atoms with E-state index in [2.05, 4.69) is 15.2 Å². The molecule has 1 heterocycles. The number of methoxy groups -OCH3 is 1. The molecule has 0 fully saturated rings. The largest absolute Gasteiger partial charge is 0.493 e. The highest BCUT2D eigenvalue weighted by atomic mass is 16.5. The standard InChI is InChI=1S/C19H22N4O2/c1-4-25-16-11-14(9-10-15(16)24-3)17(20)19-21-18(22-23-19)13-7-5-12(2)6-8-13/h5-11,17H,4,20H2,1-3H3,(H,21,22,23)/t17-/m1/s1. The van der Waals surface area contributed by atoms with Crippen LogP contribution in [0.2, 0.25) is 0 Å². The minimum atomic E-state index is -0.434. The molecule has 0 aliphatic rings. The number of nitrogens with zero attached hydrogens (tertiary/aromatic N) is 2. The first kappa shape index (κ1) is 17.0. The highest BCUT2D eigenvalue weighted by molar-refractivity contribution is 5.55. The Kier molecular flexibility index (Phi) is 5.00. The second kappa shape index (κ2) is 7.36. The zero-order valence-electron chi connectivity index (χ0n) is 14.6. The molecule has 3 aromatic rings. The second-order valence-corrected chi connectivity index (χ2v) is 5.73. The molecule has 0 saturated heterocycles. The molecule has 0 unspecified atom stereocenters. The van der Waals surface area contributed by atoms with Crippen LogP contribution in [0.4, 0.5) is 0 Å². The third-order valence-electron chi connectivity index (χ3n) is 3.95. The van der Waals surface area contributed by atoms with E-state index < -0.39 is 6.04 Å². The lowest BCUT2D eigenvalue weighted by molar-refractivity contribution is 0.310. The number of ether oxygens (including phenoxy) is 2. The van der Waals surface area contributed by atoms with Crippen molar-refractivity contribution in [3.8, 4) is 22.9 Å². The molecule has 0 aliphatic carbocycles. The third kappa shape index (κ3) is 3.64. The van der Waals surface area contributed by atoms with Crippen LogP contribution in [0.15, 0.2) is 42.5 Å². The van der Waals surface area contributed by atoms with Gasteiger partial charge in [0.25, 0.3) is 0 Å². The average Bonchev–Trinajstić information content (AvgIpc) is 3.12. The van der Waals surface area contributed by atoms with Crippen molar-refractivity contribution in [1.29, 1.82) is 0 Å². The molecule has 1 atom stereocenters. The van der Waals surface area contributed by atoms with Crippen molar-refractivity contribution < 1.29 is 9.47 Å². The lowest BCUT2D eigenvalue weighted by atomic mass is 10.1. The number of H-pyrrole nitrogens is 1. The smallest absolute Gasteiger partial charge is 0.181 e. The summed E-state index contributed by atoms with van der Waals surface area (Å²) < 4.78 is 10.9. The summed E-state index contributed by atoms with van der Waals surface area (Å²) in [7, 11) is 1.61. The van der Waals surface area contributed by atoms with Gasteiger partial charge in [-0.3, -0.25) is 5.10 Å². The lowest BCUT2D eigenvalue weighted by Gasteiger charge is -2.14. The van der Waals surface area contributed by atoms with Gasteiger partial charge in [-0.2, -0.15) is 5.10 Å². The van der Waals surface area contributed by atoms with Crippen LogP contribution in [0, 0.1) is 6.92 Å². The molecule has 0 amide bonds. The Morgan fingerprint density at radius 1 is 1.12 bits per heavy atom. The van der Waals surface area contributed by atoms with E-state index in [-0.39, 0.29) is 0 Å². The third-order valence-corrected chi connectivity index (χ3v) is 3.95. The predicted octanol–water partition coefficient (Wildman–Crippen LogP) is 3.24. The summed E-state index contributed by atoms with van der Waals surface area (Å²) in [5.41, 5.74) is 9.37. The first-order valence-electron chi connectivity index (χ1n) is 8.18. The Morgan fingerprint density at radius 2 is 1.88 bits per heavy atom. The zero-order valence-corrected chi connectivity index (χ0v) is 14.6. The van der Waals surface area contributed by atoms with E-state index in [1.54, 1.807) is 7.11 Å². The van der Waals surface area contributed by atoms with Gasteiger partial charge in [-0.1, -0.05) is 35.9 Å². The summed E-state index contributed by atoms with van der Waals surface area (Å²) in [6, 6.07) is 13.2. The SMILES string of the molecule is CCOc1cc([C@@H](N)c2nc(-c3ccc(C)cc3)n[nH]2)ccc1OC. The van der Waals surface area contributed by atoms with Crippen LogP contribution in [0.5, 0.6) is 11.5 Å². The van der Waals surface area contributed by atoms with Crippen LogP contribution in [-0.2, 0) is 0 Å². The average molecular weight is 338 g/mol. The maximum Gasteiger partial charge on any atom is 0.181 e. The van der Waals surface area contributed by atoms with E-state index in [4.69, 9.17) is 15.2 Å². The van der Waals surface area contributed by atoms with Crippen LogP contribution in [0.25, 0.3) is 11.4 Å². The summed E-state index contributed by atoms with van der Waals surface area (Å²) in [4.78, 5) is 4.54. The van der Waals surface area contributed by atoms with E-state index in [1.807, 2.05) is 56.3 Å². The van der Waals surface area contributed by atoms with Gasteiger partial charge in [-0.05, 0) is 31.5 Å². The zero-order chi connectivity index (χ0) is 17.8. The van der Waals surface area contributed by atoms with Gasteiger partial charge in [0.2, 0.25) is 0 Å². The highest BCUT2D eigenvalue weighted by Crippen LogP contribution is 2.31. The molecule has 2 aromatic carbocycles. The number of aromatic nitrogens is 3. The summed E-state index contributed by atoms with van der Waals surface area (Å²) in [6.07, 6.45) is 0. The van der Waals surface area contributed by atoms with Crippen LogP contribution < -0.4 is 15.2 Å². The predicted molar refractivity (Wildman–Crippen MR) is 96.7 cm³/mol. The summed E-state index contributed by atoms with van der Waals surface area (Å²) in [6.45, 7) is 4.52. The summed E-state index contributed by atoms with van der Waals surface area (Å²) >= 11 is 0. The van der Waals surface area contributed by atoms with E-state index in [0.717, 1.165) is 11.1 Å². The van der Waals surface area contributed by atoms with Crippen molar-refractivity contribution >= 4 is 0 Å².